The van der Waals surface area contributed by atoms with Crippen molar-refractivity contribution < 1.29 is 9.90 Å². The molecule has 72 valence electrons. The molecule has 4 N–H and O–H groups in total. The van der Waals surface area contributed by atoms with Gasteiger partial charge in [-0.25, -0.2) is 4.98 Å². The zero-order valence-corrected chi connectivity index (χ0v) is 7.19. The smallest absolute Gasteiger partial charge is 0.322 e. The number of hydrogen-bond acceptors (Lipinski definition) is 5. The molecule has 0 aliphatic rings. The summed E-state index contributed by atoms with van der Waals surface area (Å²) in [6.45, 7) is -0.286. The number of nitrogens with zero attached hydrogens (tertiary/aromatic N) is 2. The van der Waals surface area contributed by atoms with Crippen molar-refractivity contribution in [2.75, 3.05) is 17.6 Å². The lowest BCUT2D eigenvalue weighted by molar-refractivity contribution is -0.134. The third kappa shape index (κ3) is 2.35. The number of anilines is 2. The van der Waals surface area contributed by atoms with E-state index in [9.17, 15) is 4.79 Å². The molecule has 0 aliphatic heterocycles. The van der Waals surface area contributed by atoms with E-state index >= 15 is 0 Å². The molecule has 1 aromatic heterocycles. The molecular weight excluding hydrogens is 184 g/mol. The van der Waals surface area contributed by atoms with Crippen LogP contribution in [0.4, 0.5) is 11.5 Å². The topological polar surface area (TPSA) is 112 Å². The molecule has 0 saturated carbocycles. The fraction of sp³-hybridized carbons (Fsp3) is 0.125. The van der Waals surface area contributed by atoms with Gasteiger partial charge in [-0.3, -0.25) is 4.79 Å². The van der Waals surface area contributed by atoms with Crippen LogP contribution >= 0.6 is 0 Å². The number of nitrogen functional groups attached to an aromatic ring is 1. The second-order valence-corrected chi connectivity index (χ2v) is 2.52. The number of nitriles is 1. The number of carboxylic acid groups (broad SMARTS) is 1. The Kier molecular flexibility index (Phi) is 2.86. The van der Waals surface area contributed by atoms with Crippen LogP contribution in [0.2, 0.25) is 0 Å². The lowest BCUT2D eigenvalue weighted by atomic mass is 10.2. The van der Waals surface area contributed by atoms with Crippen molar-refractivity contribution in [3.05, 3.63) is 17.8 Å². The molecule has 0 radical (unpaired) electrons. The summed E-state index contributed by atoms with van der Waals surface area (Å²) in [6.07, 6.45) is 1.35. The van der Waals surface area contributed by atoms with Gasteiger partial charge in [-0.2, -0.15) is 5.26 Å². The molecule has 1 aromatic rings. The first-order valence-corrected chi connectivity index (χ1v) is 3.74. The molecule has 0 spiro atoms. The van der Waals surface area contributed by atoms with E-state index in [-0.39, 0.29) is 17.9 Å². The van der Waals surface area contributed by atoms with Gasteiger partial charge in [0.05, 0.1) is 17.4 Å². The van der Waals surface area contributed by atoms with Crippen LogP contribution in [0.25, 0.3) is 0 Å². The van der Waals surface area contributed by atoms with Crippen molar-refractivity contribution in [1.82, 2.24) is 4.98 Å². The summed E-state index contributed by atoms with van der Waals surface area (Å²) in [5, 5.41) is 19.6. The van der Waals surface area contributed by atoms with Crippen LogP contribution in [0.15, 0.2) is 12.3 Å². The molecule has 6 nitrogen and oxygen atoms in total. The number of aromatic nitrogens is 1. The maximum atomic E-state index is 10.2. The number of hydrogen-bond donors (Lipinski definition) is 3. The summed E-state index contributed by atoms with van der Waals surface area (Å²) in [5.41, 5.74) is 5.99. The van der Waals surface area contributed by atoms with E-state index in [1.807, 2.05) is 6.07 Å². The number of rotatable bonds is 3. The van der Waals surface area contributed by atoms with Gasteiger partial charge in [0, 0.05) is 0 Å². The first kappa shape index (κ1) is 9.80. The Hall–Kier alpha value is -2.29. The van der Waals surface area contributed by atoms with Crippen LogP contribution in [-0.2, 0) is 4.79 Å². The van der Waals surface area contributed by atoms with E-state index in [4.69, 9.17) is 16.1 Å². The molecule has 1 heterocycles. The minimum absolute atomic E-state index is 0.226. The van der Waals surface area contributed by atoms with E-state index in [2.05, 4.69) is 10.3 Å². The van der Waals surface area contributed by atoms with Crippen molar-refractivity contribution in [1.29, 1.82) is 5.26 Å². The summed E-state index contributed by atoms with van der Waals surface area (Å²) in [6, 6.07) is 3.29. The van der Waals surface area contributed by atoms with E-state index in [1.165, 1.54) is 12.3 Å². The Bertz CT molecular complexity index is 397. The van der Waals surface area contributed by atoms with Crippen LogP contribution in [-0.4, -0.2) is 22.6 Å². The quantitative estimate of drug-likeness (QED) is 0.622. The molecule has 0 fully saturated rings. The molecule has 0 amide bonds. The lowest BCUT2D eigenvalue weighted by Gasteiger charge is -2.04. The first-order valence-electron chi connectivity index (χ1n) is 3.74. The molecule has 1 rings (SSSR count). The van der Waals surface area contributed by atoms with E-state index in [0.717, 1.165) is 0 Å². The molecular formula is C8H8N4O2. The van der Waals surface area contributed by atoms with Crippen LogP contribution in [0, 0.1) is 11.3 Å². The number of carbonyl (C=O) groups is 1. The second kappa shape index (κ2) is 4.09. The summed E-state index contributed by atoms with van der Waals surface area (Å²) in [7, 11) is 0. The zero-order valence-electron chi connectivity index (χ0n) is 7.19. The van der Waals surface area contributed by atoms with Crippen molar-refractivity contribution in [2.24, 2.45) is 0 Å². The van der Waals surface area contributed by atoms with Gasteiger partial charge in [-0.15, -0.1) is 0 Å². The van der Waals surface area contributed by atoms with Gasteiger partial charge >= 0.3 is 5.97 Å². The number of nitrogens with two attached hydrogens (primary N) is 1. The van der Waals surface area contributed by atoms with E-state index in [1.54, 1.807) is 0 Å². The van der Waals surface area contributed by atoms with E-state index < -0.39 is 5.97 Å². The average molecular weight is 192 g/mol. The maximum absolute atomic E-state index is 10.2. The highest BCUT2D eigenvalue weighted by molar-refractivity contribution is 5.73. The molecule has 0 aromatic carbocycles. The zero-order chi connectivity index (χ0) is 10.6. The average Bonchev–Trinajstić information content (AvgIpc) is 2.15. The maximum Gasteiger partial charge on any atom is 0.322 e. The van der Waals surface area contributed by atoms with Crippen LogP contribution in [0.1, 0.15) is 5.56 Å². The van der Waals surface area contributed by atoms with Crippen molar-refractivity contribution >= 4 is 17.5 Å². The molecule has 0 bridgehead atoms. The third-order valence-electron chi connectivity index (χ3n) is 1.44. The minimum Gasteiger partial charge on any atom is -0.480 e. The molecule has 0 saturated heterocycles. The van der Waals surface area contributed by atoms with Gasteiger partial charge in [0.2, 0.25) is 0 Å². The highest BCUT2D eigenvalue weighted by atomic mass is 16.4. The van der Waals surface area contributed by atoms with Gasteiger partial charge in [0.25, 0.3) is 0 Å². The SMILES string of the molecule is N#Cc1cc(N)cnc1NCC(=O)O. The van der Waals surface area contributed by atoms with E-state index in [0.29, 0.717) is 5.69 Å². The standard InChI is InChI=1S/C8H8N4O2/c9-2-5-1-6(10)3-11-8(5)12-4-7(13)14/h1,3H,4,10H2,(H,11,12)(H,13,14). The predicted molar refractivity (Wildman–Crippen MR) is 49.5 cm³/mol. The Labute approximate surface area is 80.0 Å². The Morgan fingerprint density at radius 2 is 2.50 bits per heavy atom. The summed E-state index contributed by atoms with van der Waals surface area (Å²) in [4.78, 5) is 14.0. The molecule has 0 atom stereocenters. The van der Waals surface area contributed by atoms with Gasteiger partial charge < -0.3 is 16.2 Å². The third-order valence-corrected chi connectivity index (χ3v) is 1.44. The Morgan fingerprint density at radius 1 is 1.79 bits per heavy atom. The molecule has 6 heteroatoms. The Morgan fingerprint density at radius 3 is 3.07 bits per heavy atom. The fourth-order valence-electron chi connectivity index (χ4n) is 0.866. The largest absolute Gasteiger partial charge is 0.480 e. The normalized spacial score (nSPS) is 9.07. The number of pyridine rings is 1. The first-order chi connectivity index (χ1) is 6.63. The molecule has 0 unspecified atom stereocenters. The second-order valence-electron chi connectivity index (χ2n) is 2.52. The summed E-state index contributed by atoms with van der Waals surface area (Å²) in [5.74, 6) is -0.795. The lowest BCUT2D eigenvalue weighted by Crippen LogP contribution is -2.14. The van der Waals surface area contributed by atoms with Gasteiger partial charge in [0.1, 0.15) is 18.4 Å². The highest BCUT2D eigenvalue weighted by Gasteiger charge is 2.04. The monoisotopic (exact) mass is 192 g/mol. The van der Waals surface area contributed by atoms with Crippen LogP contribution in [0.5, 0.6) is 0 Å². The van der Waals surface area contributed by atoms with Crippen LogP contribution in [0.3, 0.4) is 0 Å². The summed E-state index contributed by atoms with van der Waals surface area (Å²) < 4.78 is 0. The Balaban J connectivity index is 2.87. The van der Waals surface area contributed by atoms with Crippen molar-refractivity contribution in [2.45, 2.75) is 0 Å². The van der Waals surface area contributed by atoms with Crippen molar-refractivity contribution in [3.63, 3.8) is 0 Å². The molecule has 14 heavy (non-hydrogen) atoms. The predicted octanol–water partition coefficient (Wildman–Crippen LogP) is 0.0320. The van der Waals surface area contributed by atoms with Gasteiger partial charge in [-0.05, 0) is 6.07 Å². The summed E-state index contributed by atoms with van der Waals surface area (Å²) >= 11 is 0. The van der Waals surface area contributed by atoms with Crippen LogP contribution < -0.4 is 11.1 Å². The van der Waals surface area contributed by atoms with Gasteiger partial charge in [-0.1, -0.05) is 0 Å². The number of nitrogens with one attached hydrogen (secondary N) is 1. The highest BCUT2D eigenvalue weighted by Crippen LogP contribution is 2.13. The minimum atomic E-state index is -1.02. The van der Waals surface area contributed by atoms with Gasteiger partial charge in [0.15, 0.2) is 0 Å². The van der Waals surface area contributed by atoms with Crippen molar-refractivity contribution in [3.8, 4) is 6.07 Å². The fourth-order valence-corrected chi connectivity index (χ4v) is 0.866. The number of carboxylic acids is 1. The molecule has 0 aliphatic carbocycles. The number of aliphatic carboxylic acids is 1.